The highest BCUT2D eigenvalue weighted by atomic mass is 32.1. The van der Waals surface area contributed by atoms with Gasteiger partial charge in [-0.3, -0.25) is 9.59 Å². The van der Waals surface area contributed by atoms with Crippen LogP contribution in [0.25, 0.3) is 10.4 Å². The van der Waals surface area contributed by atoms with Gasteiger partial charge in [0.05, 0.1) is 15.9 Å². The van der Waals surface area contributed by atoms with Gasteiger partial charge in [-0.05, 0) is 49.8 Å². The summed E-state index contributed by atoms with van der Waals surface area (Å²) >= 11 is 1.56. The van der Waals surface area contributed by atoms with Crippen molar-refractivity contribution in [3.8, 4) is 10.4 Å². The van der Waals surface area contributed by atoms with E-state index < -0.39 is 0 Å². The number of carbonyl (C=O) groups excluding carboxylic acids is 2. The van der Waals surface area contributed by atoms with Crippen LogP contribution >= 0.6 is 11.3 Å². The van der Waals surface area contributed by atoms with Crippen LogP contribution in [0.15, 0.2) is 42.6 Å². The summed E-state index contributed by atoms with van der Waals surface area (Å²) in [4.78, 5) is 33.7. The minimum atomic E-state index is -0.103. The Morgan fingerprint density at radius 3 is 2.81 bits per heavy atom. The lowest BCUT2D eigenvalue weighted by molar-refractivity contribution is 0.0690. The number of rotatable bonds is 5. The number of nitrogens with one attached hydrogen (secondary N) is 1. The fourth-order valence-corrected chi connectivity index (χ4v) is 5.65. The van der Waals surface area contributed by atoms with Crippen LogP contribution in [0.3, 0.4) is 0 Å². The van der Waals surface area contributed by atoms with E-state index in [1.165, 1.54) is 0 Å². The second kappa shape index (κ2) is 7.64. The third kappa shape index (κ3) is 3.67. The van der Waals surface area contributed by atoms with E-state index in [-0.39, 0.29) is 17.9 Å². The number of amides is 2. The molecule has 6 nitrogen and oxygen atoms in total. The van der Waals surface area contributed by atoms with E-state index in [9.17, 15) is 9.59 Å². The molecule has 0 unspecified atom stereocenters. The molecule has 0 bridgehead atoms. The molecule has 1 aliphatic carbocycles. The van der Waals surface area contributed by atoms with Gasteiger partial charge in [0, 0.05) is 26.3 Å². The first-order valence-electron chi connectivity index (χ1n) is 10.7. The molecule has 0 spiro atoms. The van der Waals surface area contributed by atoms with Crippen LogP contribution in [0.2, 0.25) is 0 Å². The van der Waals surface area contributed by atoms with Crippen molar-refractivity contribution < 1.29 is 9.59 Å². The van der Waals surface area contributed by atoms with E-state index in [0.717, 1.165) is 34.0 Å². The Kier molecular flexibility index (Phi) is 4.93. The summed E-state index contributed by atoms with van der Waals surface area (Å²) in [5.41, 5.74) is 3.35. The summed E-state index contributed by atoms with van der Waals surface area (Å²) in [6, 6.07) is 11.9. The molecule has 3 aromatic rings. The van der Waals surface area contributed by atoms with Crippen molar-refractivity contribution in [3.05, 3.63) is 64.6 Å². The number of nitrogens with zero attached hydrogens (tertiary/aromatic N) is 3. The first-order chi connectivity index (χ1) is 14.9. The molecule has 3 heterocycles. The first kappa shape index (κ1) is 20.0. The predicted molar refractivity (Wildman–Crippen MR) is 121 cm³/mol. The Morgan fingerprint density at radius 2 is 2.06 bits per heavy atom. The molecule has 3 atom stereocenters. The summed E-state index contributed by atoms with van der Waals surface area (Å²) < 4.78 is 1.80. The van der Waals surface area contributed by atoms with E-state index in [1.807, 2.05) is 43.3 Å². The van der Waals surface area contributed by atoms with Crippen LogP contribution in [-0.4, -0.2) is 45.4 Å². The van der Waals surface area contributed by atoms with Crippen molar-refractivity contribution in [2.24, 2.45) is 18.9 Å². The van der Waals surface area contributed by atoms with Crippen LogP contribution < -0.4 is 5.32 Å². The maximum Gasteiger partial charge on any atom is 0.274 e. The van der Waals surface area contributed by atoms with Crippen molar-refractivity contribution in [3.63, 3.8) is 0 Å². The van der Waals surface area contributed by atoms with E-state index in [0.29, 0.717) is 29.8 Å². The maximum absolute atomic E-state index is 13.6. The van der Waals surface area contributed by atoms with Gasteiger partial charge in [0.2, 0.25) is 0 Å². The van der Waals surface area contributed by atoms with Crippen molar-refractivity contribution in [2.45, 2.75) is 26.3 Å². The summed E-state index contributed by atoms with van der Waals surface area (Å²) in [5, 5.41) is 3.94. The fraction of sp³-hybridized carbons (Fsp3) is 0.375. The van der Waals surface area contributed by atoms with Gasteiger partial charge in [-0.2, -0.15) is 0 Å². The molecule has 1 aliphatic heterocycles. The molecule has 1 saturated heterocycles. The SMILES string of the molecule is Cc1cccc(-c2sc(C)nc2C(=O)N2C[C@H]3C[C@H]3[C@H]2CNC(=O)c2cccn2C)c1. The van der Waals surface area contributed by atoms with E-state index in [2.05, 4.69) is 29.4 Å². The lowest BCUT2D eigenvalue weighted by atomic mass is 10.1. The topological polar surface area (TPSA) is 67.2 Å². The van der Waals surface area contributed by atoms with Gasteiger partial charge in [0.25, 0.3) is 11.8 Å². The van der Waals surface area contributed by atoms with Gasteiger partial charge in [-0.25, -0.2) is 4.98 Å². The summed E-state index contributed by atoms with van der Waals surface area (Å²) in [7, 11) is 1.86. The van der Waals surface area contributed by atoms with Crippen LogP contribution in [0.4, 0.5) is 0 Å². The first-order valence-corrected chi connectivity index (χ1v) is 11.5. The zero-order chi connectivity index (χ0) is 21.7. The summed E-state index contributed by atoms with van der Waals surface area (Å²) in [6.07, 6.45) is 2.99. The number of fused-ring (bicyclic) bond motifs is 1. The Hall–Kier alpha value is -2.93. The Morgan fingerprint density at radius 1 is 1.23 bits per heavy atom. The number of aromatic nitrogens is 2. The molecule has 2 amide bonds. The molecule has 1 N–H and O–H groups in total. The Balaban J connectivity index is 1.37. The highest BCUT2D eigenvalue weighted by Crippen LogP contribution is 2.50. The molecule has 160 valence electrons. The molecule has 2 aliphatic rings. The highest BCUT2D eigenvalue weighted by Gasteiger charge is 2.54. The van der Waals surface area contributed by atoms with Crippen molar-refractivity contribution in [1.82, 2.24) is 19.8 Å². The molecular formula is C24H26N4O2S. The number of benzene rings is 1. The average molecular weight is 435 g/mol. The van der Waals surface area contributed by atoms with Crippen molar-refractivity contribution >= 4 is 23.2 Å². The molecule has 2 aromatic heterocycles. The lowest BCUT2D eigenvalue weighted by Crippen LogP contribution is -2.46. The molecule has 5 rings (SSSR count). The van der Waals surface area contributed by atoms with Gasteiger partial charge in [0.15, 0.2) is 0 Å². The van der Waals surface area contributed by atoms with Crippen LogP contribution in [0.5, 0.6) is 0 Å². The smallest absolute Gasteiger partial charge is 0.274 e. The number of aryl methyl sites for hydroxylation is 3. The van der Waals surface area contributed by atoms with Crippen LogP contribution in [0.1, 0.15) is 38.0 Å². The zero-order valence-electron chi connectivity index (χ0n) is 18.0. The monoisotopic (exact) mass is 434 g/mol. The number of carbonyl (C=O) groups is 2. The van der Waals surface area contributed by atoms with Crippen molar-refractivity contribution in [1.29, 1.82) is 0 Å². The molecule has 31 heavy (non-hydrogen) atoms. The zero-order valence-corrected chi connectivity index (χ0v) is 18.8. The largest absolute Gasteiger partial charge is 0.349 e. The summed E-state index contributed by atoms with van der Waals surface area (Å²) in [6.45, 7) is 5.22. The van der Waals surface area contributed by atoms with Gasteiger partial charge in [-0.15, -0.1) is 11.3 Å². The number of hydrogen-bond acceptors (Lipinski definition) is 4. The highest BCUT2D eigenvalue weighted by molar-refractivity contribution is 7.15. The van der Waals surface area contributed by atoms with E-state index in [4.69, 9.17) is 0 Å². The van der Waals surface area contributed by atoms with E-state index in [1.54, 1.807) is 22.0 Å². The molecule has 0 radical (unpaired) electrons. The lowest BCUT2D eigenvalue weighted by Gasteiger charge is -2.27. The second-order valence-corrected chi connectivity index (χ2v) is 9.88. The fourth-order valence-electron chi connectivity index (χ4n) is 4.74. The van der Waals surface area contributed by atoms with Crippen molar-refractivity contribution in [2.75, 3.05) is 13.1 Å². The molecule has 2 fully saturated rings. The minimum absolute atomic E-state index is 0.0221. The standard InChI is InChI=1S/C24H26N4O2S/c1-14-6-4-7-16(10-14)22-21(26-15(2)31-22)24(30)28-13-17-11-18(17)20(28)12-25-23(29)19-8-5-9-27(19)3/h4-10,17-18,20H,11-13H2,1-3H3,(H,25,29)/t17-,18-,20-/m1/s1. The Labute approximate surface area is 185 Å². The molecular weight excluding hydrogens is 408 g/mol. The minimum Gasteiger partial charge on any atom is -0.349 e. The van der Waals surface area contributed by atoms with E-state index >= 15 is 0 Å². The quantitative estimate of drug-likeness (QED) is 0.667. The van der Waals surface area contributed by atoms with Gasteiger partial charge in [-0.1, -0.05) is 29.8 Å². The maximum atomic E-state index is 13.6. The number of piperidine rings is 1. The average Bonchev–Trinajstić information content (AvgIpc) is 3.05. The third-order valence-corrected chi connectivity index (χ3v) is 7.45. The van der Waals surface area contributed by atoms with Crippen LogP contribution in [0, 0.1) is 25.7 Å². The normalized spacial score (nSPS) is 21.8. The third-order valence-electron chi connectivity index (χ3n) is 6.43. The number of hydrogen-bond donors (Lipinski definition) is 1. The molecule has 7 heteroatoms. The second-order valence-electron chi connectivity index (χ2n) is 8.68. The summed E-state index contributed by atoms with van der Waals surface area (Å²) in [5.74, 6) is 0.892. The molecule has 1 aromatic carbocycles. The van der Waals surface area contributed by atoms with Gasteiger partial charge in [0.1, 0.15) is 11.4 Å². The number of thiazole rings is 1. The van der Waals surface area contributed by atoms with Gasteiger partial charge < -0.3 is 14.8 Å². The number of likely N-dealkylation sites (tertiary alicyclic amines) is 1. The van der Waals surface area contributed by atoms with Crippen LogP contribution in [-0.2, 0) is 7.05 Å². The predicted octanol–water partition coefficient (Wildman–Crippen LogP) is 3.66. The molecule has 1 saturated carbocycles. The Bertz CT molecular complexity index is 1160. The van der Waals surface area contributed by atoms with Gasteiger partial charge >= 0.3 is 0 Å².